The molecule has 5 nitrogen and oxygen atoms in total. The van der Waals surface area contributed by atoms with Crippen LogP contribution in [0.3, 0.4) is 0 Å². The molecule has 9 heteroatoms. The minimum Gasteiger partial charge on any atom is -0.494 e. The molecule has 1 aliphatic rings. The van der Waals surface area contributed by atoms with Crippen molar-refractivity contribution in [3.63, 3.8) is 0 Å². The van der Waals surface area contributed by atoms with E-state index in [0.29, 0.717) is 22.2 Å². The third-order valence-corrected chi connectivity index (χ3v) is 6.48. The van der Waals surface area contributed by atoms with Crippen molar-refractivity contribution >= 4 is 62.8 Å². The number of thiocarbonyl (C=S) groups is 1. The minimum atomic E-state index is -0.461. The van der Waals surface area contributed by atoms with Gasteiger partial charge in [-0.3, -0.25) is 10.1 Å². The summed E-state index contributed by atoms with van der Waals surface area (Å²) in [6.07, 6.45) is 2.91. The van der Waals surface area contributed by atoms with Gasteiger partial charge in [0.05, 0.1) is 22.7 Å². The van der Waals surface area contributed by atoms with Gasteiger partial charge in [0.25, 0.3) is 5.91 Å². The molecular weight excluding hydrogens is 437 g/mol. The summed E-state index contributed by atoms with van der Waals surface area (Å²) in [6.45, 7) is 2.21. The van der Waals surface area contributed by atoms with E-state index in [4.69, 9.17) is 40.2 Å². The number of anilines is 1. The number of nitriles is 1. The van der Waals surface area contributed by atoms with E-state index in [1.807, 2.05) is 0 Å². The van der Waals surface area contributed by atoms with E-state index in [1.54, 1.807) is 0 Å². The quantitative estimate of drug-likeness (QED) is 0.625. The first-order valence-corrected chi connectivity index (χ1v) is 10.5. The number of methoxy groups -OCH3 is 1. The molecule has 0 saturated carbocycles. The lowest BCUT2D eigenvalue weighted by atomic mass is 9.89. The molecule has 0 saturated heterocycles. The zero-order valence-corrected chi connectivity index (χ0v) is 18.3. The number of hydrogen-bond donors (Lipinski definition) is 2. The van der Waals surface area contributed by atoms with Crippen molar-refractivity contribution in [1.82, 2.24) is 5.32 Å². The zero-order chi connectivity index (χ0) is 20.4. The third-order valence-electron chi connectivity index (χ3n) is 4.54. The molecule has 2 aromatic rings. The summed E-state index contributed by atoms with van der Waals surface area (Å²) in [5.41, 5.74) is 1.95. The van der Waals surface area contributed by atoms with Gasteiger partial charge in [-0.15, -0.1) is 11.3 Å². The summed E-state index contributed by atoms with van der Waals surface area (Å²) in [6, 6.07) is 5.17. The molecule has 1 aromatic carbocycles. The maximum absolute atomic E-state index is 12.5. The Morgan fingerprint density at radius 2 is 2.07 bits per heavy atom. The van der Waals surface area contributed by atoms with Gasteiger partial charge in [0.1, 0.15) is 11.1 Å². The predicted molar refractivity (Wildman–Crippen MR) is 117 cm³/mol. The Kier molecular flexibility index (Phi) is 6.46. The Balaban J connectivity index is 1.75. The normalized spacial score (nSPS) is 15.3. The highest BCUT2D eigenvalue weighted by Gasteiger charge is 2.24. The fraction of sp³-hybridized carbons (Fsp3) is 0.316. The van der Waals surface area contributed by atoms with Gasteiger partial charge < -0.3 is 10.1 Å². The van der Waals surface area contributed by atoms with Gasteiger partial charge in [-0.05, 0) is 55.1 Å². The van der Waals surface area contributed by atoms with Crippen LogP contribution in [0.4, 0.5) is 5.00 Å². The molecule has 2 N–H and O–H groups in total. The second-order valence-electron chi connectivity index (χ2n) is 6.55. The molecule has 0 fully saturated rings. The van der Waals surface area contributed by atoms with Crippen molar-refractivity contribution in [2.24, 2.45) is 5.92 Å². The lowest BCUT2D eigenvalue weighted by molar-refractivity contribution is 0.0977. The van der Waals surface area contributed by atoms with Crippen LogP contribution in [0.5, 0.6) is 5.75 Å². The third kappa shape index (κ3) is 4.26. The van der Waals surface area contributed by atoms with Crippen LogP contribution in [-0.2, 0) is 12.8 Å². The van der Waals surface area contributed by atoms with E-state index in [-0.39, 0.29) is 20.7 Å². The number of nitrogens with one attached hydrogen (secondary N) is 2. The second-order valence-corrected chi connectivity index (χ2v) is 8.88. The number of hydrogen-bond acceptors (Lipinski definition) is 5. The Hall–Kier alpha value is -1.85. The van der Waals surface area contributed by atoms with Crippen LogP contribution in [0.1, 0.15) is 39.7 Å². The molecule has 0 bridgehead atoms. The van der Waals surface area contributed by atoms with Gasteiger partial charge in [-0.25, -0.2) is 0 Å². The largest absolute Gasteiger partial charge is 0.494 e. The number of fused-ring (bicyclic) bond motifs is 1. The fourth-order valence-corrected chi connectivity index (χ4v) is 5.42. The molecule has 1 unspecified atom stereocenters. The maximum Gasteiger partial charge on any atom is 0.257 e. The molecule has 1 amide bonds. The molecule has 3 rings (SSSR count). The lowest BCUT2D eigenvalue weighted by Crippen LogP contribution is -2.34. The summed E-state index contributed by atoms with van der Waals surface area (Å²) in [7, 11) is 1.44. The Morgan fingerprint density at radius 1 is 1.39 bits per heavy atom. The SMILES string of the molecule is COc1c(Cl)cc(C(=O)NC(=S)Nc2sc3c(c2C#N)CCC(C)C3)cc1Cl. The lowest BCUT2D eigenvalue weighted by Gasteiger charge is -2.17. The van der Waals surface area contributed by atoms with Crippen LogP contribution in [0.25, 0.3) is 0 Å². The predicted octanol–water partition coefficient (Wildman–Crippen LogP) is 5.19. The van der Waals surface area contributed by atoms with Crippen LogP contribution in [-0.4, -0.2) is 18.1 Å². The van der Waals surface area contributed by atoms with Crippen LogP contribution >= 0.6 is 46.8 Å². The van der Waals surface area contributed by atoms with Crippen molar-refractivity contribution in [3.8, 4) is 11.8 Å². The molecule has 1 atom stereocenters. The number of amides is 1. The van der Waals surface area contributed by atoms with Gasteiger partial charge in [-0.1, -0.05) is 30.1 Å². The highest BCUT2D eigenvalue weighted by molar-refractivity contribution is 7.80. The van der Waals surface area contributed by atoms with E-state index in [1.165, 1.54) is 35.5 Å². The van der Waals surface area contributed by atoms with E-state index in [0.717, 1.165) is 24.8 Å². The smallest absolute Gasteiger partial charge is 0.257 e. The summed E-state index contributed by atoms with van der Waals surface area (Å²) in [4.78, 5) is 13.7. The monoisotopic (exact) mass is 453 g/mol. The molecule has 0 spiro atoms. The van der Waals surface area contributed by atoms with Crippen molar-refractivity contribution in [2.45, 2.75) is 26.2 Å². The number of ether oxygens (including phenoxy) is 1. The Labute approximate surface area is 182 Å². The minimum absolute atomic E-state index is 0.108. The molecule has 1 aliphatic carbocycles. The number of carbonyl (C=O) groups is 1. The average molecular weight is 454 g/mol. The van der Waals surface area contributed by atoms with Gasteiger partial charge >= 0.3 is 0 Å². The van der Waals surface area contributed by atoms with Crippen LogP contribution < -0.4 is 15.4 Å². The number of benzene rings is 1. The molecular formula is C19H17Cl2N3O2S2. The highest BCUT2D eigenvalue weighted by atomic mass is 35.5. The molecule has 0 aliphatic heterocycles. The van der Waals surface area contributed by atoms with Gasteiger partial charge in [0.2, 0.25) is 0 Å². The van der Waals surface area contributed by atoms with Gasteiger partial charge in [0, 0.05) is 10.4 Å². The van der Waals surface area contributed by atoms with E-state index >= 15 is 0 Å². The number of nitrogens with zero attached hydrogens (tertiary/aromatic N) is 1. The highest BCUT2D eigenvalue weighted by Crippen LogP contribution is 2.39. The molecule has 146 valence electrons. The Bertz CT molecular complexity index is 975. The first-order valence-electron chi connectivity index (χ1n) is 8.54. The summed E-state index contributed by atoms with van der Waals surface area (Å²) >= 11 is 18.9. The topological polar surface area (TPSA) is 74.2 Å². The van der Waals surface area contributed by atoms with Crippen molar-refractivity contribution < 1.29 is 9.53 Å². The van der Waals surface area contributed by atoms with Crippen molar-refractivity contribution in [3.05, 3.63) is 43.7 Å². The zero-order valence-electron chi connectivity index (χ0n) is 15.2. The standard InChI is InChI=1S/C19H17Cl2N3O2S2/c1-9-3-4-11-12(8-22)18(28-15(11)5-9)24-19(27)23-17(25)10-6-13(20)16(26-2)14(21)7-10/h6-7,9H,3-5H2,1-2H3,(H2,23,24,25,27). The van der Waals surface area contributed by atoms with E-state index in [9.17, 15) is 10.1 Å². The maximum atomic E-state index is 12.5. The number of thiophene rings is 1. The van der Waals surface area contributed by atoms with E-state index in [2.05, 4.69) is 23.6 Å². The summed E-state index contributed by atoms with van der Waals surface area (Å²) < 4.78 is 5.08. The summed E-state index contributed by atoms with van der Waals surface area (Å²) in [5, 5.41) is 16.4. The average Bonchev–Trinajstić information content (AvgIpc) is 2.96. The number of rotatable bonds is 3. The van der Waals surface area contributed by atoms with Crippen molar-refractivity contribution in [2.75, 3.05) is 12.4 Å². The molecule has 1 heterocycles. The molecule has 28 heavy (non-hydrogen) atoms. The summed E-state index contributed by atoms with van der Waals surface area (Å²) in [5.74, 6) is 0.441. The van der Waals surface area contributed by atoms with Crippen LogP contribution in [0.15, 0.2) is 12.1 Å². The number of carbonyl (C=O) groups excluding carboxylic acids is 1. The Morgan fingerprint density at radius 3 is 2.68 bits per heavy atom. The molecule has 0 radical (unpaired) electrons. The number of halogens is 2. The van der Waals surface area contributed by atoms with Crippen LogP contribution in [0.2, 0.25) is 10.0 Å². The van der Waals surface area contributed by atoms with Gasteiger partial charge in [-0.2, -0.15) is 5.26 Å². The first-order chi connectivity index (χ1) is 13.3. The first kappa shape index (κ1) is 20.9. The fourth-order valence-electron chi connectivity index (χ4n) is 3.15. The second kappa shape index (κ2) is 8.66. The van der Waals surface area contributed by atoms with E-state index < -0.39 is 5.91 Å². The van der Waals surface area contributed by atoms with Crippen molar-refractivity contribution in [1.29, 1.82) is 5.26 Å². The van der Waals surface area contributed by atoms with Crippen LogP contribution in [0, 0.1) is 17.2 Å². The van der Waals surface area contributed by atoms with Gasteiger partial charge in [0.15, 0.2) is 10.9 Å². The molecule has 1 aromatic heterocycles.